The van der Waals surface area contributed by atoms with Gasteiger partial charge in [0.2, 0.25) is 10.0 Å². The molecule has 2 aromatic carbocycles. The second kappa shape index (κ2) is 6.67. The zero-order valence-corrected chi connectivity index (χ0v) is 13.1. The quantitative estimate of drug-likeness (QED) is 0.752. The standard InChI is InChI=1S/C15H16N2O5S/c1-22-14-7-6-12(23(16,20)21)8-13(14)15(19)17-9-10-2-4-11(18)5-3-10/h2-8,18H,9H2,1H3,(H,17,19)(H2,16,20,21). The first-order valence-corrected chi connectivity index (χ1v) is 8.13. The van der Waals surface area contributed by atoms with Crippen molar-refractivity contribution in [3.63, 3.8) is 0 Å². The van der Waals surface area contributed by atoms with E-state index in [1.54, 1.807) is 12.1 Å². The number of benzene rings is 2. The number of carbonyl (C=O) groups excluding carboxylic acids is 1. The first kappa shape index (κ1) is 16.8. The molecule has 0 atom stereocenters. The van der Waals surface area contributed by atoms with Crippen molar-refractivity contribution in [3.05, 3.63) is 53.6 Å². The van der Waals surface area contributed by atoms with E-state index >= 15 is 0 Å². The number of sulfonamides is 1. The zero-order chi connectivity index (χ0) is 17.0. The molecule has 0 unspecified atom stereocenters. The minimum Gasteiger partial charge on any atom is -0.508 e. The maximum atomic E-state index is 12.3. The maximum Gasteiger partial charge on any atom is 0.255 e. The van der Waals surface area contributed by atoms with Gasteiger partial charge < -0.3 is 15.2 Å². The predicted molar refractivity (Wildman–Crippen MR) is 83.6 cm³/mol. The summed E-state index contributed by atoms with van der Waals surface area (Å²) in [5.74, 6) is -0.136. The van der Waals surface area contributed by atoms with Crippen LogP contribution in [0, 0.1) is 0 Å². The van der Waals surface area contributed by atoms with Crippen LogP contribution in [0.3, 0.4) is 0 Å². The lowest BCUT2D eigenvalue weighted by Gasteiger charge is -2.11. The van der Waals surface area contributed by atoms with Gasteiger partial charge in [0.15, 0.2) is 0 Å². The van der Waals surface area contributed by atoms with Crippen LogP contribution < -0.4 is 15.2 Å². The second-order valence-corrected chi connectivity index (χ2v) is 6.32. The lowest BCUT2D eigenvalue weighted by Crippen LogP contribution is -2.24. The van der Waals surface area contributed by atoms with Gasteiger partial charge in [-0.05, 0) is 35.9 Å². The van der Waals surface area contributed by atoms with Gasteiger partial charge in [0, 0.05) is 6.54 Å². The van der Waals surface area contributed by atoms with Crippen LogP contribution in [-0.4, -0.2) is 26.5 Å². The Morgan fingerprint density at radius 2 is 1.87 bits per heavy atom. The molecule has 2 rings (SSSR count). The molecule has 0 saturated carbocycles. The molecule has 122 valence electrons. The van der Waals surface area contributed by atoms with Crippen molar-refractivity contribution in [3.8, 4) is 11.5 Å². The number of amides is 1. The van der Waals surface area contributed by atoms with Gasteiger partial charge in [-0.3, -0.25) is 4.79 Å². The number of primary sulfonamides is 1. The summed E-state index contributed by atoms with van der Waals surface area (Å²) in [6.45, 7) is 0.210. The van der Waals surface area contributed by atoms with Gasteiger partial charge in [-0.15, -0.1) is 0 Å². The highest BCUT2D eigenvalue weighted by Crippen LogP contribution is 2.22. The fourth-order valence-corrected chi connectivity index (χ4v) is 2.47. The Bertz CT molecular complexity index is 816. The summed E-state index contributed by atoms with van der Waals surface area (Å²) in [7, 11) is -2.54. The molecule has 0 fully saturated rings. The van der Waals surface area contributed by atoms with Crippen molar-refractivity contribution in [1.29, 1.82) is 0 Å². The third kappa shape index (κ3) is 4.21. The Kier molecular flexibility index (Phi) is 4.87. The normalized spacial score (nSPS) is 11.0. The van der Waals surface area contributed by atoms with Gasteiger partial charge >= 0.3 is 0 Å². The monoisotopic (exact) mass is 336 g/mol. The average molecular weight is 336 g/mol. The molecule has 23 heavy (non-hydrogen) atoms. The molecule has 0 aliphatic rings. The van der Waals surface area contributed by atoms with E-state index < -0.39 is 15.9 Å². The average Bonchev–Trinajstić information content (AvgIpc) is 2.52. The molecule has 8 heteroatoms. The van der Waals surface area contributed by atoms with Crippen LogP contribution in [0.5, 0.6) is 11.5 Å². The van der Waals surface area contributed by atoms with Crippen LogP contribution in [0.1, 0.15) is 15.9 Å². The first-order chi connectivity index (χ1) is 10.8. The number of phenols is 1. The van der Waals surface area contributed by atoms with Crippen LogP contribution in [0.4, 0.5) is 0 Å². The molecule has 0 heterocycles. The van der Waals surface area contributed by atoms with Crippen LogP contribution in [0.15, 0.2) is 47.4 Å². The maximum absolute atomic E-state index is 12.3. The Labute approximate surface area is 133 Å². The van der Waals surface area contributed by atoms with Crippen molar-refractivity contribution in [2.75, 3.05) is 7.11 Å². The second-order valence-electron chi connectivity index (χ2n) is 4.76. The summed E-state index contributed by atoms with van der Waals surface area (Å²) < 4.78 is 27.9. The third-order valence-corrected chi connectivity index (χ3v) is 4.04. The van der Waals surface area contributed by atoms with E-state index in [1.807, 2.05) is 0 Å². The van der Waals surface area contributed by atoms with Gasteiger partial charge in [0.05, 0.1) is 17.6 Å². The number of phenolic OH excluding ortho intramolecular Hbond substituents is 1. The third-order valence-electron chi connectivity index (χ3n) is 3.13. The number of rotatable bonds is 5. The molecule has 0 saturated heterocycles. The molecule has 0 bridgehead atoms. The van der Waals surface area contributed by atoms with E-state index in [0.29, 0.717) is 0 Å². The van der Waals surface area contributed by atoms with E-state index in [-0.39, 0.29) is 28.5 Å². The minimum atomic E-state index is -3.92. The van der Waals surface area contributed by atoms with Crippen LogP contribution >= 0.6 is 0 Å². The molecule has 0 aromatic heterocycles. The van der Waals surface area contributed by atoms with Crippen molar-refractivity contribution >= 4 is 15.9 Å². The van der Waals surface area contributed by atoms with Gasteiger partial charge in [-0.2, -0.15) is 0 Å². The van der Waals surface area contributed by atoms with Crippen LogP contribution in [-0.2, 0) is 16.6 Å². The van der Waals surface area contributed by atoms with E-state index in [4.69, 9.17) is 9.88 Å². The summed E-state index contributed by atoms with van der Waals surface area (Å²) in [6.07, 6.45) is 0. The van der Waals surface area contributed by atoms with Gasteiger partial charge in [0.1, 0.15) is 11.5 Å². The molecule has 7 nitrogen and oxygen atoms in total. The number of methoxy groups -OCH3 is 1. The van der Waals surface area contributed by atoms with E-state index in [1.165, 1.54) is 37.4 Å². The number of hydrogen-bond donors (Lipinski definition) is 3. The van der Waals surface area contributed by atoms with Crippen LogP contribution in [0.25, 0.3) is 0 Å². The van der Waals surface area contributed by atoms with E-state index in [0.717, 1.165) is 5.56 Å². The van der Waals surface area contributed by atoms with Crippen molar-refractivity contribution in [2.45, 2.75) is 11.4 Å². The fraction of sp³-hybridized carbons (Fsp3) is 0.133. The Morgan fingerprint density at radius 3 is 2.43 bits per heavy atom. The van der Waals surface area contributed by atoms with Crippen molar-refractivity contribution in [2.24, 2.45) is 5.14 Å². The van der Waals surface area contributed by atoms with E-state index in [2.05, 4.69) is 5.32 Å². The highest BCUT2D eigenvalue weighted by molar-refractivity contribution is 7.89. The van der Waals surface area contributed by atoms with Crippen molar-refractivity contribution in [1.82, 2.24) is 5.32 Å². The highest BCUT2D eigenvalue weighted by Gasteiger charge is 2.17. The summed E-state index contributed by atoms with van der Waals surface area (Å²) in [4.78, 5) is 12.1. The molecule has 2 aromatic rings. The number of nitrogens with two attached hydrogens (primary N) is 1. The molecule has 1 amide bonds. The number of nitrogens with one attached hydrogen (secondary N) is 1. The topological polar surface area (TPSA) is 119 Å². The fourth-order valence-electron chi connectivity index (χ4n) is 1.93. The van der Waals surface area contributed by atoms with Gasteiger partial charge in [-0.25, -0.2) is 13.6 Å². The Hall–Kier alpha value is -2.58. The number of aromatic hydroxyl groups is 1. The molecule has 4 N–H and O–H groups in total. The van der Waals surface area contributed by atoms with Crippen molar-refractivity contribution < 1.29 is 23.1 Å². The summed E-state index contributed by atoms with van der Waals surface area (Å²) in [5, 5.41) is 16.9. The Morgan fingerprint density at radius 1 is 1.22 bits per heavy atom. The molecule has 0 aliphatic heterocycles. The van der Waals surface area contributed by atoms with Gasteiger partial charge in [0.25, 0.3) is 5.91 Å². The lowest BCUT2D eigenvalue weighted by atomic mass is 10.1. The molecular weight excluding hydrogens is 320 g/mol. The number of ether oxygens (including phenoxy) is 1. The number of carbonyl (C=O) groups is 1. The lowest BCUT2D eigenvalue weighted by molar-refractivity contribution is 0.0947. The SMILES string of the molecule is COc1ccc(S(N)(=O)=O)cc1C(=O)NCc1ccc(O)cc1. The predicted octanol–water partition coefficient (Wildman–Crippen LogP) is 0.978. The number of hydrogen-bond acceptors (Lipinski definition) is 5. The highest BCUT2D eigenvalue weighted by atomic mass is 32.2. The largest absolute Gasteiger partial charge is 0.508 e. The molecule has 0 spiro atoms. The van der Waals surface area contributed by atoms with Crippen LogP contribution in [0.2, 0.25) is 0 Å². The first-order valence-electron chi connectivity index (χ1n) is 6.58. The summed E-state index contributed by atoms with van der Waals surface area (Å²) in [5.41, 5.74) is 0.843. The molecular formula is C15H16N2O5S. The Balaban J connectivity index is 2.22. The van der Waals surface area contributed by atoms with Gasteiger partial charge in [-0.1, -0.05) is 12.1 Å². The minimum absolute atomic E-state index is 0.0674. The molecule has 0 radical (unpaired) electrons. The smallest absolute Gasteiger partial charge is 0.255 e. The summed E-state index contributed by atoms with van der Waals surface area (Å²) in [6, 6.07) is 10.1. The van der Waals surface area contributed by atoms with E-state index in [9.17, 15) is 18.3 Å². The zero-order valence-electron chi connectivity index (χ0n) is 12.3. The summed E-state index contributed by atoms with van der Waals surface area (Å²) >= 11 is 0. The molecule has 0 aliphatic carbocycles.